The maximum Gasteiger partial charge on any atom is 0.261 e. The van der Waals surface area contributed by atoms with Crippen LogP contribution in [0.5, 0.6) is 5.75 Å². The molecule has 1 aromatic carbocycles. The van der Waals surface area contributed by atoms with Crippen LogP contribution in [0.2, 0.25) is 5.02 Å². The molecule has 1 fully saturated rings. The first-order valence-electron chi connectivity index (χ1n) is 9.69. The average molecular weight is 420 g/mol. The molecule has 6 heteroatoms. The number of thiophene rings is 1. The minimum Gasteiger partial charge on any atom is -0.491 e. The highest BCUT2D eigenvalue weighted by atomic mass is 35.5. The third kappa shape index (κ3) is 3.34. The SMILES string of the molecule is Cc1sc(C(=O)NCc2ccc(OCC(C)O)cc2Cl)c2c1[C@H]1[C@@H](C2)C1(C)C. The zero-order chi connectivity index (χ0) is 20.2. The molecule has 4 nitrogen and oxygen atoms in total. The standard InChI is InChI=1S/C22H26ClNO3S/c1-11(25)10-27-14-6-5-13(17(23)7-14)9-24-21(26)20-15-8-16-19(22(16,3)4)18(15)12(2)28-20/h5-7,11,16,19,25H,8-10H2,1-4H3,(H,24,26)/t11?,16-,19-/m1/s1. The Balaban J connectivity index is 1.42. The second kappa shape index (κ2) is 7.05. The first-order chi connectivity index (χ1) is 13.2. The van der Waals surface area contributed by atoms with Crippen molar-refractivity contribution in [1.82, 2.24) is 5.32 Å². The molecule has 3 atom stereocenters. The molecule has 1 amide bonds. The van der Waals surface area contributed by atoms with Gasteiger partial charge in [-0.15, -0.1) is 11.3 Å². The highest BCUT2D eigenvalue weighted by Gasteiger charge is 2.63. The molecule has 0 radical (unpaired) electrons. The number of benzene rings is 1. The lowest BCUT2D eigenvalue weighted by Gasteiger charge is -2.12. The Bertz CT molecular complexity index is 934. The number of fused-ring (bicyclic) bond motifs is 3. The van der Waals surface area contributed by atoms with Crippen LogP contribution in [0.1, 0.15) is 57.9 Å². The van der Waals surface area contributed by atoms with Gasteiger partial charge in [-0.2, -0.15) is 0 Å². The van der Waals surface area contributed by atoms with Crippen LogP contribution in [-0.2, 0) is 13.0 Å². The van der Waals surface area contributed by atoms with Gasteiger partial charge >= 0.3 is 0 Å². The lowest BCUT2D eigenvalue weighted by molar-refractivity contribution is 0.0954. The number of aliphatic hydroxyl groups is 1. The molecule has 0 aliphatic heterocycles. The number of ether oxygens (including phenoxy) is 1. The first kappa shape index (κ1) is 19.7. The minimum absolute atomic E-state index is 0.0149. The van der Waals surface area contributed by atoms with Gasteiger partial charge in [0.1, 0.15) is 12.4 Å². The van der Waals surface area contributed by atoms with Crippen LogP contribution < -0.4 is 10.1 Å². The van der Waals surface area contributed by atoms with E-state index in [1.807, 2.05) is 6.07 Å². The van der Waals surface area contributed by atoms with E-state index in [-0.39, 0.29) is 12.5 Å². The Morgan fingerprint density at radius 2 is 2.21 bits per heavy atom. The Labute approximate surface area is 174 Å². The van der Waals surface area contributed by atoms with Crippen molar-refractivity contribution in [1.29, 1.82) is 0 Å². The highest BCUT2D eigenvalue weighted by Crippen LogP contribution is 2.71. The van der Waals surface area contributed by atoms with Crippen molar-refractivity contribution >= 4 is 28.8 Å². The number of carbonyl (C=O) groups excluding carboxylic acids is 1. The van der Waals surface area contributed by atoms with E-state index < -0.39 is 6.10 Å². The summed E-state index contributed by atoms with van der Waals surface area (Å²) in [6.07, 6.45) is 0.487. The lowest BCUT2D eigenvalue weighted by Crippen LogP contribution is -2.23. The fraction of sp³-hybridized carbons (Fsp3) is 0.500. The number of amides is 1. The van der Waals surface area contributed by atoms with Crippen LogP contribution in [0.15, 0.2) is 18.2 Å². The number of aliphatic hydroxyl groups excluding tert-OH is 1. The van der Waals surface area contributed by atoms with E-state index >= 15 is 0 Å². The van der Waals surface area contributed by atoms with E-state index in [1.165, 1.54) is 16.0 Å². The van der Waals surface area contributed by atoms with Crippen molar-refractivity contribution in [3.63, 3.8) is 0 Å². The normalized spacial score (nSPS) is 22.4. The lowest BCUT2D eigenvalue weighted by atomic mass is 9.95. The molecule has 1 aromatic heterocycles. The summed E-state index contributed by atoms with van der Waals surface area (Å²) in [5, 5.41) is 12.9. The van der Waals surface area contributed by atoms with Gasteiger partial charge in [0.15, 0.2) is 0 Å². The quantitative estimate of drug-likeness (QED) is 0.713. The Hall–Kier alpha value is -1.56. The number of carbonyl (C=O) groups is 1. The molecule has 0 saturated heterocycles. The second-order valence-electron chi connectivity index (χ2n) is 8.59. The average Bonchev–Trinajstić information content (AvgIpc) is 2.96. The number of nitrogens with one attached hydrogen (secondary N) is 1. The summed E-state index contributed by atoms with van der Waals surface area (Å²) in [6, 6.07) is 5.37. The fourth-order valence-electron chi connectivity index (χ4n) is 4.55. The minimum atomic E-state index is -0.537. The first-order valence-corrected chi connectivity index (χ1v) is 10.9. The zero-order valence-electron chi connectivity index (χ0n) is 16.6. The van der Waals surface area contributed by atoms with E-state index in [0.717, 1.165) is 16.9 Å². The van der Waals surface area contributed by atoms with Gasteiger partial charge < -0.3 is 15.2 Å². The van der Waals surface area contributed by atoms with Crippen molar-refractivity contribution in [2.45, 2.75) is 52.7 Å². The molecule has 1 saturated carbocycles. The monoisotopic (exact) mass is 419 g/mol. The summed E-state index contributed by atoms with van der Waals surface area (Å²) in [4.78, 5) is 15.0. The third-order valence-corrected chi connectivity index (χ3v) is 7.69. The number of rotatable bonds is 6. The van der Waals surface area contributed by atoms with Crippen LogP contribution in [-0.4, -0.2) is 23.7 Å². The van der Waals surface area contributed by atoms with Crippen LogP contribution in [0.3, 0.4) is 0 Å². The maximum absolute atomic E-state index is 12.8. The van der Waals surface area contributed by atoms with Gasteiger partial charge in [-0.05, 0) is 66.3 Å². The van der Waals surface area contributed by atoms with Crippen LogP contribution >= 0.6 is 22.9 Å². The summed E-state index contributed by atoms with van der Waals surface area (Å²) >= 11 is 7.96. The molecule has 1 heterocycles. The van der Waals surface area contributed by atoms with Gasteiger partial charge in [-0.3, -0.25) is 4.79 Å². The molecule has 0 bridgehead atoms. The van der Waals surface area contributed by atoms with Crippen LogP contribution in [0, 0.1) is 18.3 Å². The number of hydrogen-bond donors (Lipinski definition) is 2. The van der Waals surface area contributed by atoms with E-state index in [2.05, 4.69) is 26.1 Å². The molecular weight excluding hydrogens is 394 g/mol. The van der Waals surface area contributed by atoms with Gasteiger partial charge in [-0.1, -0.05) is 31.5 Å². The third-order valence-electron chi connectivity index (χ3n) is 6.18. The van der Waals surface area contributed by atoms with Crippen molar-refractivity contribution in [3.05, 3.63) is 49.7 Å². The number of aryl methyl sites for hydroxylation is 1. The predicted octanol–water partition coefficient (Wildman–Crippen LogP) is 4.70. The van der Waals surface area contributed by atoms with E-state index in [0.29, 0.717) is 34.6 Å². The molecule has 2 aliphatic carbocycles. The van der Waals surface area contributed by atoms with E-state index in [9.17, 15) is 9.90 Å². The summed E-state index contributed by atoms with van der Waals surface area (Å²) in [7, 11) is 0. The summed E-state index contributed by atoms with van der Waals surface area (Å²) in [5.74, 6) is 1.91. The van der Waals surface area contributed by atoms with E-state index in [4.69, 9.17) is 16.3 Å². The Kier molecular flexibility index (Phi) is 4.97. The molecular formula is C22H26ClNO3S. The van der Waals surface area contributed by atoms with Gasteiger partial charge in [0, 0.05) is 16.4 Å². The molecule has 1 unspecified atom stereocenters. The van der Waals surface area contributed by atoms with Gasteiger partial charge in [0.2, 0.25) is 0 Å². The van der Waals surface area contributed by atoms with Gasteiger partial charge in [0.05, 0.1) is 11.0 Å². The van der Waals surface area contributed by atoms with Crippen molar-refractivity contribution in [3.8, 4) is 5.75 Å². The molecule has 150 valence electrons. The summed E-state index contributed by atoms with van der Waals surface area (Å²) in [5.41, 5.74) is 3.93. The predicted molar refractivity (Wildman–Crippen MR) is 113 cm³/mol. The molecule has 2 N–H and O–H groups in total. The number of hydrogen-bond acceptors (Lipinski definition) is 4. The smallest absolute Gasteiger partial charge is 0.261 e. The molecule has 28 heavy (non-hydrogen) atoms. The maximum atomic E-state index is 12.8. The van der Waals surface area contributed by atoms with Crippen LogP contribution in [0.4, 0.5) is 0 Å². The summed E-state index contributed by atoms with van der Waals surface area (Å²) < 4.78 is 5.46. The highest BCUT2D eigenvalue weighted by molar-refractivity contribution is 7.14. The van der Waals surface area contributed by atoms with Gasteiger partial charge in [0.25, 0.3) is 5.91 Å². The second-order valence-corrected chi connectivity index (χ2v) is 10.2. The van der Waals surface area contributed by atoms with E-state index in [1.54, 1.807) is 30.4 Å². The Morgan fingerprint density at radius 1 is 1.46 bits per heavy atom. The summed E-state index contributed by atoms with van der Waals surface area (Å²) in [6.45, 7) is 9.06. The van der Waals surface area contributed by atoms with Crippen LogP contribution in [0.25, 0.3) is 0 Å². The molecule has 0 spiro atoms. The van der Waals surface area contributed by atoms with Crippen molar-refractivity contribution in [2.75, 3.05) is 6.61 Å². The topological polar surface area (TPSA) is 58.6 Å². The zero-order valence-corrected chi connectivity index (χ0v) is 18.2. The largest absolute Gasteiger partial charge is 0.491 e. The fourth-order valence-corrected chi connectivity index (χ4v) is 5.93. The molecule has 2 aromatic rings. The molecule has 2 aliphatic rings. The van der Waals surface area contributed by atoms with Crippen molar-refractivity contribution in [2.24, 2.45) is 11.3 Å². The van der Waals surface area contributed by atoms with Crippen molar-refractivity contribution < 1.29 is 14.6 Å². The van der Waals surface area contributed by atoms with Gasteiger partial charge in [-0.25, -0.2) is 0 Å². The Morgan fingerprint density at radius 3 is 2.89 bits per heavy atom. The molecule has 4 rings (SSSR count). The number of halogens is 1.